The van der Waals surface area contributed by atoms with Gasteiger partial charge in [0.1, 0.15) is 11.6 Å². The van der Waals surface area contributed by atoms with Gasteiger partial charge in [-0.3, -0.25) is 4.79 Å². The van der Waals surface area contributed by atoms with Crippen molar-refractivity contribution in [1.29, 1.82) is 5.26 Å². The van der Waals surface area contributed by atoms with E-state index in [-0.39, 0.29) is 43.0 Å². The number of benzene rings is 2. The van der Waals surface area contributed by atoms with Crippen molar-refractivity contribution in [2.45, 2.75) is 43.9 Å². The van der Waals surface area contributed by atoms with Crippen molar-refractivity contribution in [3.63, 3.8) is 0 Å². The summed E-state index contributed by atoms with van der Waals surface area (Å²) >= 11 is 0. The van der Waals surface area contributed by atoms with E-state index in [1.54, 1.807) is 23.0 Å². The number of nitriles is 1. The second-order valence-electron chi connectivity index (χ2n) is 10.5. The predicted molar refractivity (Wildman–Crippen MR) is 145 cm³/mol. The van der Waals surface area contributed by atoms with Crippen molar-refractivity contribution < 1.29 is 26.4 Å². The van der Waals surface area contributed by atoms with Gasteiger partial charge in [0, 0.05) is 68.1 Å². The zero-order valence-corrected chi connectivity index (χ0v) is 22.6. The molecule has 0 spiro atoms. The number of anilines is 1. The molecule has 2 aliphatic rings. The highest BCUT2D eigenvalue weighted by molar-refractivity contribution is 7.91. The second-order valence-corrected chi connectivity index (χ2v) is 12.8. The molecule has 7 nitrogen and oxygen atoms in total. The second kappa shape index (κ2) is 11.1. The Bertz CT molecular complexity index is 1520. The van der Waals surface area contributed by atoms with Crippen LogP contribution in [0.1, 0.15) is 43.7 Å². The van der Waals surface area contributed by atoms with Gasteiger partial charge in [-0.15, -0.1) is 0 Å². The summed E-state index contributed by atoms with van der Waals surface area (Å²) in [6, 6.07) is 15.2. The largest absolute Gasteiger partial charge is 0.369 e. The maximum absolute atomic E-state index is 14.5. The van der Waals surface area contributed by atoms with Crippen molar-refractivity contribution in [1.82, 2.24) is 9.78 Å². The van der Waals surface area contributed by atoms with Crippen LogP contribution in [0, 0.1) is 23.1 Å². The first-order valence-corrected chi connectivity index (χ1v) is 15.1. The molecule has 11 heteroatoms. The number of nitrogens with zero attached hydrogens (tertiary/aromatic N) is 4. The number of sulfone groups is 1. The standard InChI is InChI=1S/C29H29F3N4O3S/c30-21-5-9-23(10-6-21)36-19-26(20-3-7-22(8-4-20)35-14-16-40(38,39)17-15-35)28(34-36)24-11-12-29(31,32)18-25(24)27(37)2-1-13-33/h3-10,19,24-25H,1-2,11-12,14-18H2/t24-,25-/m0/s1. The van der Waals surface area contributed by atoms with E-state index in [0.717, 1.165) is 11.3 Å². The number of aromatic nitrogens is 2. The zero-order valence-electron chi connectivity index (χ0n) is 21.8. The molecule has 210 valence electrons. The summed E-state index contributed by atoms with van der Waals surface area (Å²) in [5, 5.41) is 13.7. The van der Waals surface area contributed by atoms with Crippen LogP contribution < -0.4 is 4.90 Å². The lowest BCUT2D eigenvalue weighted by Crippen LogP contribution is -2.40. The average molecular weight is 571 g/mol. The minimum atomic E-state index is -3.02. The quantitative estimate of drug-likeness (QED) is 0.382. The Morgan fingerprint density at radius 1 is 1.05 bits per heavy atom. The molecule has 1 aliphatic carbocycles. The molecule has 2 fully saturated rings. The fraction of sp³-hybridized carbons (Fsp3) is 0.414. The van der Waals surface area contributed by atoms with Gasteiger partial charge in [0.15, 0.2) is 9.84 Å². The normalized spacial score (nSPS) is 22.0. The van der Waals surface area contributed by atoms with Crippen molar-refractivity contribution in [2.75, 3.05) is 29.5 Å². The summed E-state index contributed by atoms with van der Waals surface area (Å²) < 4.78 is 67.8. The summed E-state index contributed by atoms with van der Waals surface area (Å²) in [5.74, 6) is -5.13. The van der Waals surface area contributed by atoms with E-state index in [2.05, 4.69) is 0 Å². The van der Waals surface area contributed by atoms with Crippen LogP contribution in [0.15, 0.2) is 54.7 Å². The molecular formula is C29H29F3N4O3S. The zero-order chi connectivity index (χ0) is 28.5. The molecule has 0 unspecified atom stereocenters. The number of carbonyl (C=O) groups is 1. The predicted octanol–water partition coefficient (Wildman–Crippen LogP) is 5.31. The molecule has 2 aromatic carbocycles. The van der Waals surface area contributed by atoms with Gasteiger partial charge in [-0.05, 0) is 48.4 Å². The number of ketones is 1. The molecule has 0 N–H and O–H groups in total. The maximum atomic E-state index is 14.5. The first-order valence-electron chi connectivity index (χ1n) is 13.2. The van der Waals surface area contributed by atoms with E-state index in [9.17, 15) is 26.4 Å². The lowest BCUT2D eigenvalue weighted by atomic mass is 9.72. The Labute approximate surface area is 231 Å². The molecule has 0 amide bonds. The highest BCUT2D eigenvalue weighted by atomic mass is 32.2. The molecule has 2 atom stereocenters. The average Bonchev–Trinajstić information content (AvgIpc) is 3.37. The van der Waals surface area contributed by atoms with Crippen molar-refractivity contribution >= 4 is 21.3 Å². The van der Waals surface area contributed by atoms with Crippen molar-refractivity contribution in [3.05, 3.63) is 66.2 Å². The first kappa shape index (κ1) is 27.9. The van der Waals surface area contributed by atoms with Crippen LogP contribution in [0.4, 0.5) is 18.9 Å². The number of hydrogen-bond acceptors (Lipinski definition) is 6. The van der Waals surface area contributed by atoms with Crippen molar-refractivity contribution in [2.24, 2.45) is 5.92 Å². The molecule has 40 heavy (non-hydrogen) atoms. The molecular weight excluding hydrogens is 541 g/mol. The monoisotopic (exact) mass is 570 g/mol. The van der Waals surface area contributed by atoms with Crippen LogP contribution in [-0.4, -0.2) is 54.5 Å². The highest BCUT2D eigenvalue weighted by Gasteiger charge is 2.46. The minimum Gasteiger partial charge on any atom is -0.369 e. The van der Waals surface area contributed by atoms with Crippen LogP contribution in [0.3, 0.4) is 0 Å². The smallest absolute Gasteiger partial charge is 0.248 e. The van der Waals surface area contributed by atoms with E-state index in [0.29, 0.717) is 30.0 Å². The van der Waals surface area contributed by atoms with Gasteiger partial charge in [-0.2, -0.15) is 10.4 Å². The van der Waals surface area contributed by atoms with E-state index < -0.39 is 39.8 Å². The molecule has 5 rings (SSSR count). The molecule has 1 aromatic heterocycles. The van der Waals surface area contributed by atoms with Crippen LogP contribution in [0.25, 0.3) is 16.8 Å². The summed E-state index contributed by atoms with van der Waals surface area (Å²) in [7, 11) is -3.02. The topological polar surface area (TPSA) is 96.1 Å². The van der Waals surface area contributed by atoms with Crippen LogP contribution in [0.5, 0.6) is 0 Å². The molecule has 0 radical (unpaired) electrons. The number of carbonyl (C=O) groups excluding carboxylic acids is 1. The van der Waals surface area contributed by atoms with Gasteiger partial charge >= 0.3 is 0 Å². The number of rotatable bonds is 7. The fourth-order valence-corrected chi connectivity index (χ4v) is 6.80. The third kappa shape index (κ3) is 6.07. The lowest BCUT2D eigenvalue weighted by Gasteiger charge is -2.35. The van der Waals surface area contributed by atoms with Gasteiger partial charge in [0.2, 0.25) is 5.92 Å². The van der Waals surface area contributed by atoms with Gasteiger partial charge in [0.05, 0.1) is 29.0 Å². The first-order chi connectivity index (χ1) is 19.0. The van der Waals surface area contributed by atoms with Gasteiger partial charge in [0.25, 0.3) is 0 Å². The Kier molecular flexibility index (Phi) is 7.73. The number of hydrogen-bond donors (Lipinski definition) is 0. The number of halogens is 3. The molecule has 2 heterocycles. The SMILES string of the molecule is N#CCCC(=O)[C@H]1CC(F)(F)CC[C@@H]1c1nn(-c2ccc(F)cc2)cc1-c1ccc(N2CCS(=O)(=O)CC2)cc1. The molecule has 1 saturated carbocycles. The third-order valence-corrected chi connectivity index (χ3v) is 9.40. The number of alkyl halides is 2. The van der Waals surface area contributed by atoms with Crippen molar-refractivity contribution in [3.8, 4) is 22.9 Å². The summed E-state index contributed by atoms with van der Waals surface area (Å²) in [6.07, 6.45) is 0.713. The summed E-state index contributed by atoms with van der Waals surface area (Å²) in [4.78, 5) is 15.0. The Hall–Kier alpha value is -3.65. The van der Waals surface area contributed by atoms with Gasteiger partial charge in [-0.1, -0.05) is 12.1 Å². The minimum absolute atomic E-state index is 0.0379. The molecule has 1 aliphatic heterocycles. The van der Waals surface area contributed by atoms with E-state index in [1.165, 1.54) is 12.1 Å². The number of Topliss-reactive ketones (excluding diaryl/α,β-unsaturated/α-hetero) is 1. The molecule has 3 aromatic rings. The Balaban J connectivity index is 1.53. The summed E-state index contributed by atoms with van der Waals surface area (Å²) in [6.45, 7) is 0.802. The fourth-order valence-electron chi connectivity index (χ4n) is 5.60. The van der Waals surface area contributed by atoms with Crippen LogP contribution >= 0.6 is 0 Å². The van der Waals surface area contributed by atoms with E-state index in [4.69, 9.17) is 10.4 Å². The van der Waals surface area contributed by atoms with Gasteiger partial charge < -0.3 is 4.90 Å². The molecule has 1 saturated heterocycles. The Morgan fingerprint density at radius 2 is 1.70 bits per heavy atom. The van der Waals surface area contributed by atoms with E-state index >= 15 is 0 Å². The summed E-state index contributed by atoms with van der Waals surface area (Å²) in [5.41, 5.74) is 3.39. The van der Waals surface area contributed by atoms with E-state index in [1.807, 2.05) is 35.2 Å². The molecule has 0 bridgehead atoms. The lowest BCUT2D eigenvalue weighted by molar-refractivity contribution is -0.131. The van der Waals surface area contributed by atoms with Crippen LogP contribution in [-0.2, 0) is 14.6 Å². The third-order valence-electron chi connectivity index (χ3n) is 7.80. The maximum Gasteiger partial charge on any atom is 0.248 e. The highest BCUT2D eigenvalue weighted by Crippen LogP contribution is 2.47. The van der Waals surface area contributed by atoms with Gasteiger partial charge in [-0.25, -0.2) is 26.3 Å². The van der Waals surface area contributed by atoms with Crippen LogP contribution in [0.2, 0.25) is 0 Å². The Morgan fingerprint density at radius 3 is 2.35 bits per heavy atom.